The van der Waals surface area contributed by atoms with E-state index in [0.717, 1.165) is 42.6 Å². The van der Waals surface area contributed by atoms with Gasteiger partial charge in [0.25, 0.3) is 11.6 Å². The summed E-state index contributed by atoms with van der Waals surface area (Å²) in [4.78, 5) is 31.0. The fraction of sp³-hybridized carbons (Fsp3) is 0.333. The predicted molar refractivity (Wildman–Crippen MR) is 149 cm³/mol. The van der Waals surface area contributed by atoms with E-state index in [1.807, 2.05) is 35.2 Å². The summed E-state index contributed by atoms with van der Waals surface area (Å²) < 4.78 is 5.91. The van der Waals surface area contributed by atoms with Crippen molar-refractivity contribution in [3.05, 3.63) is 93.4 Å². The molecule has 1 amide bonds. The number of piperidine rings is 1. The molecule has 0 bridgehead atoms. The van der Waals surface area contributed by atoms with Crippen molar-refractivity contribution in [2.24, 2.45) is 5.92 Å². The zero-order chi connectivity index (χ0) is 26.8. The van der Waals surface area contributed by atoms with Crippen molar-refractivity contribution < 1.29 is 14.1 Å². The van der Waals surface area contributed by atoms with Crippen molar-refractivity contribution in [1.29, 1.82) is 0 Å². The molecule has 0 aliphatic carbocycles. The molecule has 1 saturated heterocycles. The third kappa shape index (κ3) is 5.54. The van der Waals surface area contributed by atoms with Gasteiger partial charge in [0.1, 0.15) is 11.2 Å². The molecule has 5 rings (SSSR count). The van der Waals surface area contributed by atoms with E-state index in [0.29, 0.717) is 35.5 Å². The molecule has 1 aliphatic heterocycles. The minimum absolute atomic E-state index is 0.0404. The number of hydrogen-bond acceptors (Lipinski definition) is 6. The fourth-order valence-electron chi connectivity index (χ4n) is 4.84. The fourth-order valence-corrected chi connectivity index (χ4v) is 4.84. The first-order valence-corrected chi connectivity index (χ1v) is 13.1. The molecule has 1 aliphatic rings. The van der Waals surface area contributed by atoms with Crippen LogP contribution in [0.1, 0.15) is 66.9 Å². The van der Waals surface area contributed by atoms with Crippen molar-refractivity contribution in [2.45, 2.75) is 46.0 Å². The van der Waals surface area contributed by atoms with E-state index in [4.69, 9.17) is 4.42 Å². The Hall–Kier alpha value is -4.20. The Morgan fingerprint density at radius 1 is 1.11 bits per heavy atom. The second-order valence-electron chi connectivity index (χ2n) is 10.4. The Kier molecular flexibility index (Phi) is 7.13. The highest BCUT2D eigenvalue weighted by Crippen LogP contribution is 2.32. The maximum Gasteiger partial charge on any atom is 0.293 e. The Labute approximate surface area is 221 Å². The lowest BCUT2D eigenvalue weighted by molar-refractivity contribution is -0.384. The monoisotopic (exact) mass is 512 g/mol. The number of oxazole rings is 1. The van der Waals surface area contributed by atoms with Gasteiger partial charge in [0.05, 0.1) is 4.92 Å². The van der Waals surface area contributed by atoms with Gasteiger partial charge in [-0.3, -0.25) is 14.9 Å². The average Bonchev–Trinajstić information content (AvgIpc) is 3.31. The van der Waals surface area contributed by atoms with Gasteiger partial charge in [0.2, 0.25) is 0 Å². The maximum atomic E-state index is 12.9. The van der Waals surface area contributed by atoms with Gasteiger partial charge in [-0.25, -0.2) is 4.98 Å². The summed E-state index contributed by atoms with van der Waals surface area (Å²) in [5.41, 5.74) is 5.22. The van der Waals surface area contributed by atoms with Crippen LogP contribution >= 0.6 is 0 Å². The van der Waals surface area contributed by atoms with Crippen LogP contribution in [-0.2, 0) is 6.42 Å². The molecule has 0 saturated carbocycles. The van der Waals surface area contributed by atoms with Crippen LogP contribution in [0.15, 0.2) is 65.1 Å². The lowest BCUT2D eigenvalue weighted by Gasteiger charge is -2.31. The molecule has 4 aromatic rings. The smallest absolute Gasteiger partial charge is 0.293 e. The highest BCUT2D eigenvalue weighted by atomic mass is 16.6. The van der Waals surface area contributed by atoms with E-state index in [-0.39, 0.29) is 17.2 Å². The van der Waals surface area contributed by atoms with Crippen LogP contribution in [0.4, 0.5) is 17.1 Å². The van der Waals surface area contributed by atoms with Gasteiger partial charge < -0.3 is 14.6 Å². The number of fused-ring (bicyclic) bond motifs is 1. The number of nitro benzene ring substituents is 1. The molecule has 196 valence electrons. The number of nitro groups is 1. The van der Waals surface area contributed by atoms with Crippen molar-refractivity contribution in [1.82, 2.24) is 4.98 Å². The normalized spacial score (nSPS) is 14.3. The summed E-state index contributed by atoms with van der Waals surface area (Å²) >= 11 is 0. The Balaban J connectivity index is 1.26. The molecule has 1 fully saturated rings. The maximum absolute atomic E-state index is 12.9. The molecule has 8 heteroatoms. The molecule has 0 spiro atoms. The highest BCUT2D eigenvalue weighted by molar-refractivity contribution is 6.05. The summed E-state index contributed by atoms with van der Waals surface area (Å²) in [5.74, 6) is 1.28. The van der Waals surface area contributed by atoms with Crippen molar-refractivity contribution in [3.63, 3.8) is 0 Å². The first-order chi connectivity index (χ1) is 18.3. The van der Waals surface area contributed by atoms with Crippen LogP contribution in [0, 0.1) is 16.0 Å². The second kappa shape index (κ2) is 10.7. The Bertz CT molecular complexity index is 1470. The summed E-state index contributed by atoms with van der Waals surface area (Å²) in [6.07, 6.45) is 2.53. The molecule has 3 aromatic carbocycles. The van der Waals surface area contributed by atoms with Crippen LogP contribution in [0.5, 0.6) is 0 Å². The first-order valence-electron chi connectivity index (χ1n) is 13.1. The zero-order valence-corrected chi connectivity index (χ0v) is 21.9. The molecule has 2 heterocycles. The standard InChI is InChI=1S/C30H32N4O4/c1-19(2)22-7-11-28-25(17-22)32-29(38-28)16-21-4-8-24(9-5-21)31-30(35)23-6-10-26(27(18-23)34(36)37)33-14-12-20(3)13-15-33/h4-11,17-20H,12-16H2,1-3H3,(H,31,35). The van der Waals surface area contributed by atoms with Crippen molar-refractivity contribution >= 4 is 34.1 Å². The zero-order valence-electron chi connectivity index (χ0n) is 21.9. The molecule has 0 unspecified atom stereocenters. The summed E-state index contributed by atoms with van der Waals surface area (Å²) in [7, 11) is 0. The third-order valence-corrected chi connectivity index (χ3v) is 7.25. The molecule has 1 N–H and O–H groups in total. The molecule has 0 radical (unpaired) electrons. The Morgan fingerprint density at radius 3 is 2.53 bits per heavy atom. The number of anilines is 2. The van der Waals surface area contributed by atoms with E-state index in [9.17, 15) is 14.9 Å². The Morgan fingerprint density at radius 2 is 1.84 bits per heavy atom. The lowest BCUT2D eigenvalue weighted by atomic mass is 9.98. The largest absolute Gasteiger partial charge is 0.440 e. The highest BCUT2D eigenvalue weighted by Gasteiger charge is 2.25. The van der Waals surface area contributed by atoms with Crippen molar-refractivity contribution in [2.75, 3.05) is 23.3 Å². The minimum atomic E-state index is -0.408. The van der Waals surface area contributed by atoms with Crippen LogP contribution in [0.2, 0.25) is 0 Å². The number of hydrogen-bond donors (Lipinski definition) is 1. The number of amides is 1. The SMILES string of the molecule is CC1CCN(c2ccc(C(=O)Nc3ccc(Cc4nc5cc(C(C)C)ccc5o4)cc3)cc2[N+](=O)[O-])CC1. The number of benzene rings is 3. The van der Waals surface area contributed by atoms with E-state index in [1.165, 1.54) is 11.6 Å². The molecule has 8 nitrogen and oxygen atoms in total. The quantitative estimate of drug-likeness (QED) is 0.213. The number of nitrogens with one attached hydrogen (secondary N) is 1. The number of rotatable bonds is 7. The third-order valence-electron chi connectivity index (χ3n) is 7.25. The molecule has 1 aromatic heterocycles. The van der Waals surface area contributed by atoms with E-state index >= 15 is 0 Å². The van der Waals surface area contributed by atoms with Gasteiger partial charge in [-0.2, -0.15) is 0 Å². The van der Waals surface area contributed by atoms with Gasteiger partial charge in [-0.05, 0) is 72.2 Å². The first kappa shape index (κ1) is 25.4. The number of carbonyl (C=O) groups is 1. The van der Waals surface area contributed by atoms with Gasteiger partial charge in [-0.15, -0.1) is 0 Å². The van der Waals surface area contributed by atoms with Gasteiger partial charge >= 0.3 is 0 Å². The number of carbonyl (C=O) groups excluding carboxylic acids is 1. The average molecular weight is 513 g/mol. The van der Waals surface area contributed by atoms with E-state index in [1.54, 1.807) is 12.1 Å². The van der Waals surface area contributed by atoms with Crippen LogP contribution < -0.4 is 10.2 Å². The predicted octanol–water partition coefficient (Wildman–Crippen LogP) is 6.94. The van der Waals surface area contributed by atoms with Gasteiger partial charge in [-0.1, -0.05) is 39.0 Å². The lowest BCUT2D eigenvalue weighted by Crippen LogP contribution is -2.33. The topological polar surface area (TPSA) is 102 Å². The number of nitrogens with zero attached hydrogens (tertiary/aromatic N) is 3. The molecule has 0 atom stereocenters. The summed E-state index contributed by atoms with van der Waals surface area (Å²) in [6, 6.07) is 18.2. The van der Waals surface area contributed by atoms with Crippen LogP contribution in [-0.4, -0.2) is 28.9 Å². The summed E-state index contributed by atoms with van der Waals surface area (Å²) in [6.45, 7) is 8.05. The molecule has 38 heavy (non-hydrogen) atoms. The molecular formula is C30H32N4O4. The van der Waals surface area contributed by atoms with Crippen LogP contribution in [0.3, 0.4) is 0 Å². The molecular weight excluding hydrogens is 480 g/mol. The van der Waals surface area contributed by atoms with Crippen molar-refractivity contribution in [3.8, 4) is 0 Å². The number of aromatic nitrogens is 1. The second-order valence-corrected chi connectivity index (χ2v) is 10.4. The van der Waals surface area contributed by atoms with Gasteiger partial charge in [0.15, 0.2) is 11.5 Å². The summed E-state index contributed by atoms with van der Waals surface area (Å²) in [5, 5.41) is 14.6. The minimum Gasteiger partial charge on any atom is -0.440 e. The van der Waals surface area contributed by atoms with E-state index in [2.05, 4.69) is 43.2 Å². The van der Waals surface area contributed by atoms with Crippen LogP contribution in [0.25, 0.3) is 11.1 Å². The van der Waals surface area contributed by atoms with E-state index < -0.39 is 4.92 Å². The van der Waals surface area contributed by atoms with Gasteiger partial charge in [0, 0.05) is 36.8 Å².